The van der Waals surface area contributed by atoms with E-state index in [1.54, 1.807) is 18.3 Å². The van der Waals surface area contributed by atoms with E-state index in [4.69, 9.17) is 11.6 Å². The highest BCUT2D eigenvalue weighted by Gasteiger charge is 2.18. The van der Waals surface area contributed by atoms with E-state index in [0.717, 1.165) is 37.7 Å². The summed E-state index contributed by atoms with van der Waals surface area (Å²) in [4.78, 5) is 1.53. The minimum atomic E-state index is -0.233. The van der Waals surface area contributed by atoms with E-state index >= 15 is 0 Å². The number of rotatable bonds is 4. The van der Waals surface area contributed by atoms with Gasteiger partial charge in [0, 0.05) is 16.1 Å². The minimum absolute atomic E-state index is 0.233. The summed E-state index contributed by atoms with van der Waals surface area (Å²) in [6.07, 6.45) is 1.61. The molecule has 2 aromatic rings. The second-order valence-electron chi connectivity index (χ2n) is 5.77. The number of hydrogen-bond donors (Lipinski definition) is 1. The van der Waals surface area contributed by atoms with Gasteiger partial charge in [-0.3, -0.25) is 5.01 Å². The van der Waals surface area contributed by atoms with Crippen LogP contribution in [0.5, 0.6) is 0 Å². The van der Waals surface area contributed by atoms with E-state index in [0.29, 0.717) is 5.56 Å². The van der Waals surface area contributed by atoms with Crippen LogP contribution in [0.2, 0.25) is 5.02 Å². The Balaban J connectivity index is 1.50. The van der Waals surface area contributed by atoms with Gasteiger partial charge in [0.2, 0.25) is 0 Å². The van der Waals surface area contributed by atoms with E-state index in [2.05, 4.69) is 17.2 Å². The van der Waals surface area contributed by atoms with Crippen molar-refractivity contribution < 1.29 is 9.29 Å². The fraction of sp³-hybridized carbons (Fsp3) is 0.278. The summed E-state index contributed by atoms with van der Waals surface area (Å²) in [5.41, 5.74) is 1.83. The van der Waals surface area contributed by atoms with Gasteiger partial charge in [-0.05, 0) is 18.2 Å². The molecule has 3 rings (SSSR count). The standard InChI is InChI=1S/C18H19ClFN3/c19-17-7-5-15(6-8-17)14-22-9-11-23(12-10-22)21-13-16-3-1-2-4-18(16)20/h1-8,13H,9-12,14H2/p+1/b21-13-. The lowest BCUT2D eigenvalue weighted by molar-refractivity contribution is -0.918. The molecule has 23 heavy (non-hydrogen) atoms. The van der Waals surface area contributed by atoms with Crippen molar-refractivity contribution >= 4 is 17.8 Å². The molecule has 1 aliphatic heterocycles. The fourth-order valence-corrected chi connectivity index (χ4v) is 2.84. The van der Waals surface area contributed by atoms with Crippen LogP contribution in [-0.4, -0.2) is 37.4 Å². The van der Waals surface area contributed by atoms with Gasteiger partial charge in [0.25, 0.3) is 0 Å². The van der Waals surface area contributed by atoms with Crippen LogP contribution in [-0.2, 0) is 6.54 Å². The van der Waals surface area contributed by atoms with E-state index in [9.17, 15) is 4.39 Å². The van der Waals surface area contributed by atoms with Gasteiger partial charge in [-0.25, -0.2) is 4.39 Å². The monoisotopic (exact) mass is 332 g/mol. The second kappa shape index (κ2) is 7.57. The van der Waals surface area contributed by atoms with Crippen molar-refractivity contribution in [1.82, 2.24) is 5.01 Å². The second-order valence-corrected chi connectivity index (χ2v) is 6.21. The third-order valence-corrected chi connectivity index (χ3v) is 4.33. The van der Waals surface area contributed by atoms with Gasteiger partial charge in [-0.2, -0.15) is 5.10 Å². The zero-order chi connectivity index (χ0) is 16.1. The zero-order valence-electron chi connectivity index (χ0n) is 12.9. The van der Waals surface area contributed by atoms with Crippen LogP contribution in [0.25, 0.3) is 0 Å². The first-order chi connectivity index (χ1) is 11.2. The van der Waals surface area contributed by atoms with Gasteiger partial charge in [0.05, 0.1) is 32.4 Å². The lowest BCUT2D eigenvalue weighted by Crippen LogP contribution is -3.13. The summed E-state index contributed by atoms with van der Waals surface area (Å²) in [6, 6.07) is 14.7. The van der Waals surface area contributed by atoms with E-state index < -0.39 is 0 Å². The van der Waals surface area contributed by atoms with Crippen molar-refractivity contribution in [1.29, 1.82) is 0 Å². The fourth-order valence-electron chi connectivity index (χ4n) is 2.72. The van der Waals surface area contributed by atoms with Crippen LogP contribution in [0.15, 0.2) is 53.6 Å². The van der Waals surface area contributed by atoms with Crippen LogP contribution < -0.4 is 4.90 Å². The highest BCUT2D eigenvalue weighted by molar-refractivity contribution is 6.30. The Hall–Kier alpha value is -1.91. The molecule has 1 N–H and O–H groups in total. The Morgan fingerprint density at radius 2 is 1.78 bits per heavy atom. The lowest BCUT2D eigenvalue weighted by Gasteiger charge is -2.30. The molecule has 1 heterocycles. The van der Waals surface area contributed by atoms with Crippen LogP contribution >= 0.6 is 11.6 Å². The van der Waals surface area contributed by atoms with Crippen LogP contribution in [0.4, 0.5) is 4.39 Å². The molecule has 2 aromatic carbocycles. The number of nitrogens with one attached hydrogen (secondary N) is 1. The molecular weight excluding hydrogens is 313 g/mol. The topological polar surface area (TPSA) is 20.0 Å². The minimum Gasteiger partial charge on any atom is -0.328 e. The Bertz CT molecular complexity index is 664. The van der Waals surface area contributed by atoms with Crippen molar-refractivity contribution in [3.63, 3.8) is 0 Å². The Morgan fingerprint density at radius 1 is 1.09 bits per heavy atom. The largest absolute Gasteiger partial charge is 0.328 e. The number of benzene rings is 2. The van der Waals surface area contributed by atoms with Gasteiger partial charge >= 0.3 is 0 Å². The first-order valence-electron chi connectivity index (χ1n) is 7.82. The van der Waals surface area contributed by atoms with Crippen LogP contribution in [0.1, 0.15) is 11.1 Å². The van der Waals surface area contributed by atoms with Gasteiger partial charge in [0.15, 0.2) is 0 Å². The Labute approximate surface area is 141 Å². The van der Waals surface area contributed by atoms with Gasteiger partial charge < -0.3 is 4.90 Å². The van der Waals surface area contributed by atoms with Crippen LogP contribution in [0.3, 0.4) is 0 Å². The van der Waals surface area contributed by atoms with Crippen molar-refractivity contribution in [2.75, 3.05) is 26.2 Å². The highest BCUT2D eigenvalue weighted by atomic mass is 35.5. The molecule has 0 spiro atoms. The summed E-state index contributed by atoms with van der Waals surface area (Å²) < 4.78 is 13.6. The summed E-state index contributed by atoms with van der Waals surface area (Å²) in [5.74, 6) is -0.233. The molecule has 1 aliphatic rings. The Morgan fingerprint density at radius 3 is 2.48 bits per heavy atom. The maximum absolute atomic E-state index is 13.6. The molecular formula is C18H20ClFN3+. The molecule has 0 saturated carbocycles. The molecule has 0 aromatic heterocycles. The summed E-state index contributed by atoms with van der Waals surface area (Å²) in [5, 5.41) is 7.19. The van der Waals surface area contributed by atoms with E-state index in [1.807, 2.05) is 23.2 Å². The summed E-state index contributed by atoms with van der Waals surface area (Å²) >= 11 is 5.91. The lowest BCUT2D eigenvalue weighted by atomic mass is 10.2. The molecule has 1 saturated heterocycles. The first-order valence-corrected chi connectivity index (χ1v) is 8.20. The highest BCUT2D eigenvalue weighted by Crippen LogP contribution is 2.08. The number of piperazine rings is 1. The summed E-state index contributed by atoms with van der Waals surface area (Å²) in [7, 11) is 0. The van der Waals surface area contributed by atoms with E-state index in [1.165, 1.54) is 16.5 Å². The van der Waals surface area contributed by atoms with E-state index in [-0.39, 0.29) is 5.82 Å². The average Bonchev–Trinajstić information content (AvgIpc) is 2.58. The van der Waals surface area contributed by atoms with Gasteiger partial charge in [-0.15, -0.1) is 0 Å². The predicted molar refractivity (Wildman–Crippen MR) is 91.4 cm³/mol. The molecule has 120 valence electrons. The number of hydrogen-bond acceptors (Lipinski definition) is 2. The maximum Gasteiger partial charge on any atom is 0.132 e. The molecule has 5 heteroatoms. The Kier molecular flexibility index (Phi) is 5.26. The number of hydrazone groups is 1. The molecule has 0 atom stereocenters. The number of halogens is 2. The van der Waals surface area contributed by atoms with Crippen molar-refractivity contribution in [2.24, 2.45) is 5.10 Å². The SMILES string of the molecule is Fc1ccccc1/C=N\N1CC[NH+](Cc2ccc(Cl)cc2)CC1. The third kappa shape index (κ3) is 4.53. The molecule has 3 nitrogen and oxygen atoms in total. The molecule has 0 radical (unpaired) electrons. The molecule has 0 amide bonds. The first kappa shape index (κ1) is 16.0. The molecule has 0 aliphatic carbocycles. The molecule has 1 fully saturated rings. The van der Waals surface area contributed by atoms with Crippen molar-refractivity contribution in [3.8, 4) is 0 Å². The van der Waals surface area contributed by atoms with Gasteiger partial charge in [-0.1, -0.05) is 41.9 Å². The predicted octanol–water partition coefficient (Wildman–Crippen LogP) is 2.21. The molecule has 0 unspecified atom stereocenters. The van der Waals surface area contributed by atoms with Crippen LogP contribution in [0, 0.1) is 5.82 Å². The average molecular weight is 333 g/mol. The van der Waals surface area contributed by atoms with Gasteiger partial charge in [0.1, 0.15) is 12.4 Å². The number of nitrogens with zero attached hydrogens (tertiary/aromatic N) is 2. The summed E-state index contributed by atoms with van der Waals surface area (Å²) in [6.45, 7) is 4.82. The molecule has 0 bridgehead atoms. The number of quaternary nitrogens is 1. The quantitative estimate of drug-likeness (QED) is 0.851. The normalized spacial score (nSPS) is 16.2. The smallest absolute Gasteiger partial charge is 0.132 e. The van der Waals surface area contributed by atoms with Crippen molar-refractivity contribution in [3.05, 3.63) is 70.5 Å². The maximum atomic E-state index is 13.6. The van der Waals surface area contributed by atoms with Crippen molar-refractivity contribution in [2.45, 2.75) is 6.54 Å². The zero-order valence-corrected chi connectivity index (χ0v) is 13.6. The third-order valence-electron chi connectivity index (χ3n) is 4.08.